The van der Waals surface area contributed by atoms with Crippen LogP contribution in [0.25, 0.3) is 0 Å². The van der Waals surface area contributed by atoms with Gasteiger partial charge < -0.3 is 5.32 Å². The first-order valence-corrected chi connectivity index (χ1v) is 7.37. The molecule has 2 aromatic rings. The molecule has 0 bridgehead atoms. The van der Waals surface area contributed by atoms with Crippen LogP contribution in [0.4, 0.5) is 5.69 Å². The van der Waals surface area contributed by atoms with Crippen molar-refractivity contribution in [1.82, 2.24) is 4.98 Å². The summed E-state index contributed by atoms with van der Waals surface area (Å²) in [6, 6.07) is 10.7. The van der Waals surface area contributed by atoms with Crippen molar-refractivity contribution >= 4 is 39.1 Å². The maximum Gasteiger partial charge on any atom is 0.255 e. The van der Waals surface area contributed by atoms with Crippen molar-refractivity contribution in [1.29, 1.82) is 0 Å². The summed E-state index contributed by atoms with van der Waals surface area (Å²) in [5.41, 5.74) is 2.05. The van der Waals surface area contributed by atoms with E-state index in [1.165, 1.54) is 0 Å². The van der Waals surface area contributed by atoms with Crippen LogP contribution in [0, 0.1) is 0 Å². The van der Waals surface area contributed by atoms with Crippen molar-refractivity contribution in [2.75, 3.05) is 5.32 Å². The predicted molar refractivity (Wildman–Crippen MR) is 85.4 cm³/mol. The van der Waals surface area contributed by atoms with E-state index in [0.29, 0.717) is 10.7 Å². The molecule has 1 amide bonds. The third-order valence-electron chi connectivity index (χ3n) is 2.77. The Balaban J connectivity index is 2.22. The van der Waals surface area contributed by atoms with Crippen LogP contribution in [-0.2, 0) is 0 Å². The average molecular weight is 354 g/mol. The molecular formula is C15H14BrClN2O. The predicted octanol–water partition coefficient (Wildman–Crippen LogP) is 4.87. The SMILES string of the molecule is CC(C)c1cc(C(=O)Nc2ccc(Br)cc2)cc(Cl)n1. The first-order valence-electron chi connectivity index (χ1n) is 6.20. The third-order valence-corrected chi connectivity index (χ3v) is 3.49. The van der Waals surface area contributed by atoms with Crippen LogP contribution in [0.1, 0.15) is 35.8 Å². The molecule has 1 N–H and O–H groups in total. The highest BCUT2D eigenvalue weighted by Crippen LogP contribution is 2.19. The molecular weight excluding hydrogens is 340 g/mol. The number of amides is 1. The van der Waals surface area contributed by atoms with Crippen molar-refractivity contribution in [3.05, 3.63) is 57.3 Å². The number of hydrogen-bond donors (Lipinski definition) is 1. The molecule has 104 valence electrons. The van der Waals surface area contributed by atoms with E-state index in [-0.39, 0.29) is 11.8 Å². The maximum absolute atomic E-state index is 12.2. The normalized spacial score (nSPS) is 10.7. The Labute approximate surface area is 131 Å². The lowest BCUT2D eigenvalue weighted by molar-refractivity contribution is 0.102. The van der Waals surface area contributed by atoms with Gasteiger partial charge in [0.15, 0.2) is 0 Å². The van der Waals surface area contributed by atoms with Gasteiger partial charge in [0.25, 0.3) is 5.91 Å². The maximum atomic E-state index is 12.2. The van der Waals surface area contributed by atoms with Crippen molar-refractivity contribution < 1.29 is 4.79 Å². The molecule has 0 spiro atoms. The number of nitrogens with zero attached hydrogens (tertiary/aromatic N) is 1. The zero-order valence-corrected chi connectivity index (χ0v) is 13.5. The Morgan fingerprint density at radius 3 is 2.50 bits per heavy atom. The van der Waals surface area contributed by atoms with Crippen LogP contribution in [0.15, 0.2) is 40.9 Å². The van der Waals surface area contributed by atoms with Gasteiger partial charge in [-0.3, -0.25) is 4.79 Å². The molecule has 3 nitrogen and oxygen atoms in total. The van der Waals surface area contributed by atoms with E-state index in [1.54, 1.807) is 12.1 Å². The van der Waals surface area contributed by atoms with Crippen molar-refractivity contribution in [3.8, 4) is 0 Å². The zero-order valence-electron chi connectivity index (χ0n) is 11.2. The number of benzene rings is 1. The van der Waals surface area contributed by atoms with E-state index in [2.05, 4.69) is 26.2 Å². The standard InChI is InChI=1S/C15H14BrClN2O/c1-9(2)13-7-10(8-14(17)19-13)15(20)18-12-5-3-11(16)4-6-12/h3-9H,1-2H3,(H,18,20). The van der Waals surface area contributed by atoms with E-state index in [9.17, 15) is 4.79 Å². The molecule has 0 aliphatic rings. The quantitative estimate of drug-likeness (QED) is 0.800. The number of anilines is 1. The van der Waals surface area contributed by atoms with E-state index in [4.69, 9.17) is 11.6 Å². The van der Waals surface area contributed by atoms with Crippen LogP contribution in [-0.4, -0.2) is 10.9 Å². The molecule has 0 aliphatic carbocycles. The van der Waals surface area contributed by atoms with Crippen LogP contribution >= 0.6 is 27.5 Å². The highest BCUT2D eigenvalue weighted by atomic mass is 79.9. The zero-order chi connectivity index (χ0) is 14.7. The molecule has 1 heterocycles. The number of nitrogens with one attached hydrogen (secondary N) is 1. The van der Waals surface area contributed by atoms with Gasteiger partial charge in [-0.2, -0.15) is 0 Å². The van der Waals surface area contributed by atoms with Crippen LogP contribution in [0.5, 0.6) is 0 Å². The van der Waals surface area contributed by atoms with Crippen LogP contribution in [0.3, 0.4) is 0 Å². The Morgan fingerprint density at radius 2 is 1.90 bits per heavy atom. The largest absolute Gasteiger partial charge is 0.322 e. The number of carbonyl (C=O) groups is 1. The van der Waals surface area contributed by atoms with Crippen molar-refractivity contribution in [2.45, 2.75) is 19.8 Å². The highest BCUT2D eigenvalue weighted by molar-refractivity contribution is 9.10. The van der Waals surface area contributed by atoms with Gasteiger partial charge >= 0.3 is 0 Å². The van der Waals surface area contributed by atoms with Gasteiger partial charge in [0.2, 0.25) is 0 Å². The molecule has 0 radical (unpaired) electrons. The Hall–Kier alpha value is -1.39. The lowest BCUT2D eigenvalue weighted by atomic mass is 10.1. The summed E-state index contributed by atoms with van der Waals surface area (Å²) in [6.07, 6.45) is 0. The number of pyridine rings is 1. The fraction of sp³-hybridized carbons (Fsp3) is 0.200. The summed E-state index contributed by atoms with van der Waals surface area (Å²) in [6.45, 7) is 4.02. The average Bonchev–Trinajstić information content (AvgIpc) is 2.40. The summed E-state index contributed by atoms with van der Waals surface area (Å²) in [7, 11) is 0. The Morgan fingerprint density at radius 1 is 1.25 bits per heavy atom. The monoisotopic (exact) mass is 352 g/mol. The van der Waals surface area contributed by atoms with Crippen LogP contribution in [0.2, 0.25) is 5.15 Å². The second kappa shape index (κ2) is 6.37. The van der Waals surface area contributed by atoms with E-state index >= 15 is 0 Å². The second-order valence-corrected chi connectivity index (χ2v) is 6.02. The molecule has 0 saturated heterocycles. The topological polar surface area (TPSA) is 42.0 Å². The summed E-state index contributed by atoms with van der Waals surface area (Å²) in [4.78, 5) is 16.4. The lowest BCUT2D eigenvalue weighted by Gasteiger charge is -2.09. The molecule has 5 heteroatoms. The Kier molecular flexibility index (Phi) is 4.78. The first-order chi connectivity index (χ1) is 9.45. The number of hydrogen-bond acceptors (Lipinski definition) is 2. The fourth-order valence-corrected chi connectivity index (χ4v) is 2.16. The third kappa shape index (κ3) is 3.81. The van der Waals surface area contributed by atoms with Crippen molar-refractivity contribution in [3.63, 3.8) is 0 Å². The summed E-state index contributed by atoms with van der Waals surface area (Å²) in [5, 5.41) is 3.16. The van der Waals surface area contributed by atoms with E-state index < -0.39 is 0 Å². The van der Waals surface area contributed by atoms with Gasteiger partial charge in [0.05, 0.1) is 0 Å². The van der Waals surface area contributed by atoms with E-state index in [1.807, 2.05) is 38.1 Å². The molecule has 0 aliphatic heterocycles. The minimum Gasteiger partial charge on any atom is -0.322 e. The number of halogens is 2. The smallest absolute Gasteiger partial charge is 0.255 e. The van der Waals surface area contributed by atoms with Gasteiger partial charge in [-0.05, 0) is 42.3 Å². The van der Waals surface area contributed by atoms with E-state index in [0.717, 1.165) is 15.9 Å². The number of rotatable bonds is 3. The number of aromatic nitrogens is 1. The highest BCUT2D eigenvalue weighted by Gasteiger charge is 2.11. The summed E-state index contributed by atoms with van der Waals surface area (Å²) in [5.74, 6) is 0.0199. The molecule has 0 atom stereocenters. The molecule has 1 aromatic carbocycles. The minimum atomic E-state index is -0.196. The van der Waals surface area contributed by atoms with Gasteiger partial charge in [0.1, 0.15) is 5.15 Å². The molecule has 1 aromatic heterocycles. The second-order valence-electron chi connectivity index (χ2n) is 4.72. The first kappa shape index (κ1) is 15.0. The summed E-state index contributed by atoms with van der Waals surface area (Å²) >= 11 is 9.32. The van der Waals surface area contributed by atoms with Crippen LogP contribution < -0.4 is 5.32 Å². The van der Waals surface area contributed by atoms with Crippen molar-refractivity contribution in [2.24, 2.45) is 0 Å². The molecule has 0 saturated carbocycles. The van der Waals surface area contributed by atoms with Gasteiger partial charge in [-0.25, -0.2) is 4.98 Å². The molecule has 0 fully saturated rings. The summed E-state index contributed by atoms with van der Waals surface area (Å²) < 4.78 is 0.963. The lowest BCUT2D eigenvalue weighted by Crippen LogP contribution is -2.13. The minimum absolute atomic E-state index is 0.196. The van der Waals surface area contributed by atoms with Gasteiger partial charge in [-0.15, -0.1) is 0 Å². The van der Waals surface area contributed by atoms with Gasteiger partial charge in [-0.1, -0.05) is 41.4 Å². The molecule has 20 heavy (non-hydrogen) atoms. The Bertz CT molecular complexity index is 626. The number of carbonyl (C=O) groups excluding carboxylic acids is 1. The fourth-order valence-electron chi connectivity index (χ4n) is 1.68. The molecule has 0 unspecified atom stereocenters. The molecule has 2 rings (SSSR count). The van der Waals surface area contributed by atoms with Gasteiger partial charge in [0, 0.05) is 21.4 Å².